The van der Waals surface area contributed by atoms with Crippen LogP contribution < -0.4 is 0 Å². The van der Waals surface area contributed by atoms with Gasteiger partial charge in [-0.2, -0.15) is 5.10 Å². The minimum atomic E-state index is 0.472. The van der Waals surface area contributed by atoms with Gasteiger partial charge in [0.2, 0.25) is 0 Å². The molecule has 66 valence electrons. The van der Waals surface area contributed by atoms with Crippen LogP contribution in [0.5, 0.6) is 0 Å². The van der Waals surface area contributed by atoms with Crippen molar-refractivity contribution < 1.29 is 0 Å². The lowest BCUT2D eigenvalue weighted by molar-refractivity contribution is 0.881. The lowest BCUT2D eigenvalue weighted by Gasteiger charge is -2.00. The van der Waals surface area contributed by atoms with Crippen LogP contribution in [0.15, 0.2) is 36.5 Å². The second kappa shape index (κ2) is 3.40. The Kier molecular flexibility index (Phi) is 2.25. The van der Waals surface area contributed by atoms with Crippen molar-refractivity contribution in [2.45, 2.75) is 0 Å². The number of hydrogen-bond donors (Lipinski definition) is 0. The number of nitrogens with zero attached hydrogens (tertiary/aromatic N) is 2. The molecule has 2 rings (SSSR count). The molecule has 2 aromatic rings. The van der Waals surface area contributed by atoms with Crippen LogP contribution in [-0.2, 0) is 0 Å². The molecule has 0 bridgehead atoms. The highest BCUT2D eigenvalue weighted by Crippen LogP contribution is 2.15. The highest BCUT2D eigenvalue weighted by molar-refractivity contribution is 6.30. The summed E-state index contributed by atoms with van der Waals surface area (Å²) in [6, 6.07) is 9.14. The Morgan fingerprint density at radius 2 is 2.00 bits per heavy atom. The van der Waals surface area contributed by atoms with E-state index < -0.39 is 0 Å². The van der Waals surface area contributed by atoms with Crippen LogP contribution in [0.3, 0.4) is 0 Å². The molecule has 2 nitrogen and oxygen atoms in total. The van der Waals surface area contributed by atoms with Gasteiger partial charge in [0.05, 0.1) is 5.69 Å². The molecule has 1 heterocycles. The van der Waals surface area contributed by atoms with E-state index in [4.69, 9.17) is 23.2 Å². The van der Waals surface area contributed by atoms with Crippen LogP contribution in [0.4, 0.5) is 0 Å². The maximum Gasteiger partial charge on any atom is 0.151 e. The lowest BCUT2D eigenvalue weighted by Crippen LogP contribution is -1.93. The Balaban J connectivity index is 2.46. The van der Waals surface area contributed by atoms with Gasteiger partial charge in [-0.3, -0.25) is 0 Å². The van der Waals surface area contributed by atoms with Crippen molar-refractivity contribution in [3.8, 4) is 5.69 Å². The number of hydrogen-bond acceptors (Lipinski definition) is 1. The first kappa shape index (κ1) is 8.60. The van der Waals surface area contributed by atoms with Gasteiger partial charge in [-0.05, 0) is 24.3 Å². The van der Waals surface area contributed by atoms with Crippen LogP contribution in [-0.4, -0.2) is 9.78 Å². The molecule has 0 fully saturated rings. The van der Waals surface area contributed by atoms with Crippen LogP contribution in [0.1, 0.15) is 0 Å². The molecule has 0 aliphatic heterocycles. The van der Waals surface area contributed by atoms with Crippen molar-refractivity contribution in [2.75, 3.05) is 0 Å². The fourth-order valence-corrected chi connectivity index (χ4v) is 1.39. The van der Waals surface area contributed by atoms with Gasteiger partial charge in [0, 0.05) is 11.2 Å². The molecule has 0 amide bonds. The van der Waals surface area contributed by atoms with E-state index in [1.807, 2.05) is 24.3 Å². The summed E-state index contributed by atoms with van der Waals surface area (Å²) >= 11 is 11.5. The minimum Gasteiger partial charge on any atom is -0.239 e. The van der Waals surface area contributed by atoms with Crippen molar-refractivity contribution in [1.82, 2.24) is 9.78 Å². The summed E-state index contributed by atoms with van der Waals surface area (Å²) in [5.74, 6) is 0. The van der Waals surface area contributed by atoms with Gasteiger partial charge in [0.25, 0.3) is 0 Å². The fourth-order valence-electron chi connectivity index (χ4n) is 1.06. The van der Waals surface area contributed by atoms with E-state index in [1.54, 1.807) is 16.9 Å². The average Bonchev–Trinajstić information content (AvgIpc) is 2.52. The molecule has 1 aromatic carbocycles. The number of aromatic nitrogens is 2. The van der Waals surface area contributed by atoms with Crippen LogP contribution in [0.2, 0.25) is 10.2 Å². The predicted octanol–water partition coefficient (Wildman–Crippen LogP) is 3.18. The average molecular weight is 213 g/mol. The van der Waals surface area contributed by atoms with E-state index in [1.165, 1.54) is 0 Å². The summed E-state index contributed by atoms with van der Waals surface area (Å²) in [5, 5.41) is 5.20. The molecule has 0 unspecified atom stereocenters. The van der Waals surface area contributed by atoms with Crippen molar-refractivity contribution in [2.24, 2.45) is 0 Å². The molecule has 4 heteroatoms. The molecule has 0 N–H and O–H groups in total. The smallest absolute Gasteiger partial charge is 0.151 e. The molecule has 0 atom stereocenters. The second-order valence-corrected chi connectivity index (χ2v) is 3.39. The van der Waals surface area contributed by atoms with Crippen molar-refractivity contribution >= 4 is 23.2 Å². The molecule has 0 spiro atoms. The number of benzene rings is 1. The van der Waals surface area contributed by atoms with Gasteiger partial charge < -0.3 is 0 Å². The summed E-state index contributed by atoms with van der Waals surface area (Å²) in [4.78, 5) is 0. The van der Waals surface area contributed by atoms with E-state index in [9.17, 15) is 0 Å². The summed E-state index contributed by atoms with van der Waals surface area (Å²) in [6.07, 6.45) is 1.79. The Hall–Kier alpha value is -0.990. The van der Waals surface area contributed by atoms with Crippen LogP contribution >= 0.6 is 23.2 Å². The minimum absolute atomic E-state index is 0.472. The Labute approximate surface area is 85.7 Å². The maximum atomic E-state index is 5.83. The van der Waals surface area contributed by atoms with Crippen molar-refractivity contribution in [3.63, 3.8) is 0 Å². The molecular weight excluding hydrogens is 207 g/mol. The van der Waals surface area contributed by atoms with E-state index in [0.29, 0.717) is 10.2 Å². The van der Waals surface area contributed by atoms with Crippen molar-refractivity contribution in [1.29, 1.82) is 0 Å². The van der Waals surface area contributed by atoms with Gasteiger partial charge in [-0.15, -0.1) is 0 Å². The SMILES string of the molecule is Clc1cccc(-n2ccc(Cl)n2)c1. The molecule has 0 aliphatic carbocycles. The lowest BCUT2D eigenvalue weighted by atomic mass is 10.3. The van der Waals surface area contributed by atoms with Gasteiger partial charge in [-0.1, -0.05) is 29.3 Å². The third-order valence-electron chi connectivity index (χ3n) is 1.63. The highest BCUT2D eigenvalue weighted by atomic mass is 35.5. The monoisotopic (exact) mass is 212 g/mol. The van der Waals surface area contributed by atoms with Crippen molar-refractivity contribution in [3.05, 3.63) is 46.7 Å². The summed E-state index contributed by atoms with van der Waals surface area (Å²) < 4.78 is 1.67. The van der Waals surface area contributed by atoms with Gasteiger partial charge in [0.15, 0.2) is 5.15 Å². The van der Waals surface area contributed by atoms with Crippen LogP contribution in [0, 0.1) is 0 Å². The van der Waals surface area contributed by atoms with Gasteiger partial charge >= 0.3 is 0 Å². The molecular formula is C9H6Cl2N2. The first-order chi connectivity index (χ1) is 6.25. The first-order valence-electron chi connectivity index (χ1n) is 3.73. The molecule has 1 aromatic heterocycles. The summed E-state index contributed by atoms with van der Waals surface area (Å²) in [5.41, 5.74) is 0.902. The Morgan fingerprint density at radius 1 is 1.15 bits per heavy atom. The zero-order valence-electron chi connectivity index (χ0n) is 6.61. The summed E-state index contributed by atoms with van der Waals surface area (Å²) in [6.45, 7) is 0. The van der Waals surface area contributed by atoms with Gasteiger partial charge in [0.1, 0.15) is 0 Å². The number of rotatable bonds is 1. The van der Waals surface area contributed by atoms with Gasteiger partial charge in [-0.25, -0.2) is 4.68 Å². The first-order valence-corrected chi connectivity index (χ1v) is 4.48. The Morgan fingerprint density at radius 3 is 2.62 bits per heavy atom. The fraction of sp³-hybridized carbons (Fsp3) is 0. The van der Waals surface area contributed by atoms with Crippen LogP contribution in [0.25, 0.3) is 5.69 Å². The highest BCUT2D eigenvalue weighted by Gasteiger charge is 1.98. The van der Waals surface area contributed by atoms with E-state index in [2.05, 4.69) is 5.10 Å². The summed E-state index contributed by atoms with van der Waals surface area (Å²) in [7, 11) is 0. The third kappa shape index (κ3) is 1.85. The molecule has 13 heavy (non-hydrogen) atoms. The standard InChI is InChI=1S/C9H6Cl2N2/c10-7-2-1-3-8(6-7)13-5-4-9(11)12-13/h1-6H. The van der Waals surface area contributed by atoms with E-state index in [-0.39, 0.29) is 0 Å². The second-order valence-electron chi connectivity index (χ2n) is 2.56. The molecule has 0 aliphatic rings. The zero-order chi connectivity index (χ0) is 9.26. The zero-order valence-corrected chi connectivity index (χ0v) is 8.13. The largest absolute Gasteiger partial charge is 0.239 e. The maximum absolute atomic E-state index is 5.83. The molecule has 0 saturated heterocycles. The topological polar surface area (TPSA) is 17.8 Å². The number of halogens is 2. The normalized spacial score (nSPS) is 10.3. The Bertz CT molecular complexity index is 423. The third-order valence-corrected chi connectivity index (χ3v) is 2.07. The molecule has 0 radical (unpaired) electrons. The molecule has 0 saturated carbocycles. The predicted molar refractivity (Wildman–Crippen MR) is 53.6 cm³/mol. The quantitative estimate of drug-likeness (QED) is 0.711. The van der Waals surface area contributed by atoms with E-state index >= 15 is 0 Å². The van der Waals surface area contributed by atoms with E-state index in [0.717, 1.165) is 5.69 Å².